The first-order chi connectivity index (χ1) is 7.74. The van der Waals surface area contributed by atoms with Gasteiger partial charge in [0, 0.05) is 13.3 Å². The minimum Gasteiger partial charge on any atom is -0.382 e. The van der Waals surface area contributed by atoms with Crippen LogP contribution < -0.4 is 5.32 Å². The molecule has 0 aliphatic carbocycles. The third-order valence-electron chi connectivity index (χ3n) is 2.60. The van der Waals surface area contributed by atoms with Gasteiger partial charge in [-0.1, -0.05) is 26.8 Å². The summed E-state index contributed by atoms with van der Waals surface area (Å²) in [5.74, 6) is 0.889. The summed E-state index contributed by atoms with van der Waals surface area (Å²) in [5.41, 5.74) is 1.28. The summed E-state index contributed by atoms with van der Waals surface area (Å²) < 4.78 is 5.17. The van der Waals surface area contributed by atoms with Crippen LogP contribution in [0.2, 0.25) is 0 Å². The monoisotopic (exact) mass is 236 g/mol. The molecule has 3 nitrogen and oxygen atoms in total. The van der Waals surface area contributed by atoms with E-state index in [0.717, 1.165) is 5.82 Å². The number of nitrogens with one attached hydrogen (secondary N) is 1. The van der Waals surface area contributed by atoms with Crippen molar-refractivity contribution in [2.24, 2.45) is 0 Å². The Kier molecular flexibility index (Phi) is 4.15. The highest BCUT2D eigenvalue weighted by Gasteiger charge is 2.18. The predicted octanol–water partition coefficient (Wildman–Crippen LogP) is 3.22. The maximum Gasteiger partial charge on any atom is 0.126 e. The first kappa shape index (κ1) is 14.0. The summed E-state index contributed by atoms with van der Waals surface area (Å²) in [6.07, 6.45) is 1.94. The molecule has 0 atom stereocenters. The van der Waals surface area contributed by atoms with Crippen LogP contribution in [-0.2, 0) is 10.2 Å². The summed E-state index contributed by atoms with van der Waals surface area (Å²) in [5, 5.41) is 3.36. The lowest BCUT2D eigenvalue weighted by atomic mass is 9.88. The van der Waals surface area contributed by atoms with Gasteiger partial charge in [-0.15, -0.1) is 0 Å². The normalized spacial score (nSPS) is 12.6. The van der Waals surface area contributed by atoms with E-state index in [1.165, 1.54) is 5.56 Å². The summed E-state index contributed by atoms with van der Waals surface area (Å²) >= 11 is 0. The van der Waals surface area contributed by atoms with Crippen LogP contribution >= 0.6 is 0 Å². The van der Waals surface area contributed by atoms with E-state index < -0.39 is 0 Å². The molecular weight excluding hydrogens is 212 g/mol. The highest BCUT2D eigenvalue weighted by atomic mass is 16.5. The molecule has 96 valence electrons. The third-order valence-corrected chi connectivity index (χ3v) is 2.60. The average Bonchev–Trinajstić information content (AvgIpc) is 2.16. The van der Waals surface area contributed by atoms with E-state index in [1.54, 1.807) is 7.11 Å². The van der Waals surface area contributed by atoms with Gasteiger partial charge in [0.15, 0.2) is 0 Å². The molecule has 0 fully saturated rings. The second kappa shape index (κ2) is 5.05. The fourth-order valence-corrected chi connectivity index (χ4v) is 1.66. The molecule has 0 amide bonds. The summed E-state index contributed by atoms with van der Waals surface area (Å²) in [6.45, 7) is 11.4. The SMILES string of the molecule is COCC(C)(C)Nc1ccc(C(C)(C)C)cn1. The molecule has 1 rings (SSSR count). The van der Waals surface area contributed by atoms with Gasteiger partial charge in [0.1, 0.15) is 5.82 Å². The van der Waals surface area contributed by atoms with E-state index in [-0.39, 0.29) is 11.0 Å². The molecule has 0 aliphatic heterocycles. The molecule has 0 saturated heterocycles. The van der Waals surface area contributed by atoms with Gasteiger partial charge in [-0.25, -0.2) is 4.98 Å². The lowest BCUT2D eigenvalue weighted by molar-refractivity contribution is 0.158. The zero-order valence-electron chi connectivity index (χ0n) is 11.8. The Balaban J connectivity index is 2.75. The summed E-state index contributed by atoms with van der Waals surface area (Å²) in [7, 11) is 1.71. The van der Waals surface area contributed by atoms with Crippen LogP contribution in [0.15, 0.2) is 18.3 Å². The minimum absolute atomic E-state index is 0.106. The van der Waals surface area contributed by atoms with Gasteiger partial charge >= 0.3 is 0 Å². The van der Waals surface area contributed by atoms with E-state index in [2.05, 4.69) is 51.0 Å². The smallest absolute Gasteiger partial charge is 0.126 e. The number of nitrogens with zero attached hydrogens (tertiary/aromatic N) is 1. The van der Waals surface area contributed by atoms with Crippen LogP contribution in [0.1, 0.15) is 40.2 Å². The Bertz CT molecular complexity index is 349. The quantitative estimate of drug-likeness (QED) is 0.871. The van der Waals surface area contributed by atoms with E-state index in [9.17, 15) is 0 Å². The molecule has 3 heteroatoms. The third kappa shape index (κ3) is 4.35. The van der Waals surface area contributed by atoms with Gasteiger partial charge in [0.25, 0.3) is 0 Å². The first-order valence-electron chi connectivity index (χ1n) is 5.98. The maximum absolute atomic E-state index is 5.17. The second-order valence-corrected chi connectivity index (χ2v) is 6.12. The van der Waals surface area contributed by atoms with E-state index in [1.807, 2.05) is 12.3 Å². The first-order valence-corrected chi connectivity index (χ1v) is 5.98. The lowest BCUT2D eigenvalue weighted by Gasteiger charge is -2.26. The van der Waals surface area contributed by atoms with Crippen molar-refractivity contribution in [2.45, 2.75) is 45.6 Å². The molecule has 0 aromatic carbocycles. The lowest BCUT2D eigenvalue weighted by Crippen LogP contribution is -2.36. The number of ether oxygens (including phenoxy) is 1. The highest BCUT2D eigenvalue weighted by molar-refractivity contribution is 5.39. The standard InChI is InChI=1S/C14H24N2O/c1-13(2,3)11-7-8-12(15-9-11)16-14(4,5)10-17-6/h7-9H,10H2,1-6H3,(H,15,16). The Morgan fingerprint density at radius 2 is 1.82 bits per heavy atom. The van der Waals surface area contributed by atoms with Crippen LogP contribution in [0.25, 0.3) is 0 Å². The number of aromatic nitrogens is 1. The molecule has 0 bridgehead atoms. The molecule has 0 saturated carbocycles. The fraction of sp³-hybridized carbons (Fsp3) is 0.643. The highest BCUT2D eigenvalue weighted by Crippen LogP contribution is 2.22. The summed E-state index contributed by atoms with van der Waals surface area (Å²) in [6, 6.07) is 4.15. The molecule has 0 aliphatic rings. The molecule has 17 heavy (non-hydrogen) atoms. The molecule has 0 unspecified atom stereocenters. The maximum atomic E-state index is 5.17. The van der Waals surface area contributed by atoms with Gasteiger partial charge in [-0.3, -0.25) is 0 Å². The van der Waals surface area contributed by atoms with Crippen LogP contribution in [0.5, 0.6) is 0 Å². The molecule has 1 aromatic rings. The van der Waals surface area contributed by atoms with Crippen molar-refractivity contribution in [3.63, 3.8) is 0 Å². The number of pyridine rings is 1. The van der Waals surface area contributed by atoms with Gasteiger partial charge in [-0.05, 0) is 30.9 Å². The Morgan fingerprint density at radius 1 is 1.18 bits per heavy atom. The van der Waals surface area contributed by atoms with Crippen LogP contribution in [0, 0.1) is 0 Å². The molecule has 1 aromatic heterocycles. The molecular formula is C14H24N2O. The van der Waals surface area contributed by atoms with E-state index in [4.69, 9.17) is 4.74 Å². The molecule has 0 spiro atoms. The summed E-state index contributed by atoms with van der Waals surface area (Å²) in [4.78, 5) is 4.45. The average molecular weight is 236 g/mol. The zero-order valence-corrected chi connectivity index (χ0v) is 11.8. The van der Waals surface area contributed by atoms with Gasteiger partial charge in [-0.2, -0.15) is 0 Å². The second-order valence-electron chi connectivity index (χ2n) is 6.12. The van der Waals surface area contributed by atoms with Gasteiger partial charge in [0.2, 0.25) is 0 Å². The van der Waals surface area contributed by atoms with Crippen molar-refractivity contribution in [2.75, 3.05) is 19.0 Å². The van der Waals surface area contributed by atoms with Crippen LogP contribution in [0.3, 0.4) is 0 Å². The van der Waals surface area contributed by atoms with Crippen molar-refractivity contribution >= 4 is 5.82 Å². The zero-order chi connectivity index (χ0) is 13.1. The molecule has 1 heterocycles. The van der Waals surface area contributed by atoms with E-state index >= 15 is 0 Å². The number of hydrogen-bond donors (Lipinski definition) is 1. The van der Waals surface area contributed by atoms with Crippen LogP contribution in [0.4, 0.5) is 5.82 Å². The molecule has 1 N–H and O–H groups in total. The van der Waals surface area contributed by atoms with Crippen molar-refractivity contribution in [3.8, 4) is 0 Å². The van der Waals surface area contributed by atoms with Crippen molar-refractivity contribution < 1.29 is 4.74 Å². The molecule has 0 radical (unpaired) electrons. The largest absolute Gasteiger partial charge is 0.382 e. The number of anilines is 1. The van der Waals surface area contributed by atoms with Crippen LogP contribution in [-0.4, -0.2) is 24.2 Å². The van der Waals surface area contributed by atoms with Crippen molar-refractivity contribution in [1.82, 2.24) is 4.98 Å². The number of rotatable bonds is 4. The minimum atomic E-state index is -0.106. The topological polar surface area (TPSA) is 34.1 Å². The van der Waals surface area contributed by atoms with Gasteiger partial charge < -0.3 is 10.1 Å². The number of hydrogen-bond acceptors (Lipinski definition) is 3. The Morgan fingerprint density at radius 3 is 2.24 bits per heavy atom. The van der Waals surface area contributed by atoms with Crippen molar-refractivity contribution in [1.29, 1.82) is 0 Å². The Labute approximate surface area is 105 Å². The fourth-order valence-electron chi connectivity index (χ4n) is 1.66. The van der Waals surface area contributed by atoms with Crippen molar-refractivity contribution in [3.05, 3.63) is 23.9 Å². The van der Waals surface area contributed by atoms with Gasteiger partial charge in [0.05, 0.1) is 12.1 Å². The van der Waals surface area contributed by atoms with E-state index in [0.29, 0.717) is 6.61 Å². The predicted molar refractivity (Wildman–Crippen MR) is 72.5 cm³/mol. The Hall–Kier alpha value is -1.09. The number of methoxy groups -OCH3 is 1.